The van der Waals surface area contributed by atoms with Gasteiger partial charge in [0.05, 0.1) is 10.6 Å². The van der Waals surface area contributed by atoms with Gasteiger partial charge in [-0.1, -0.05) is 29.8 Å². The van der Waals surface area contributed by atoms with Crippen molar-refractivity contribution in [3.8, 4) is 11.5 Å². The minimum atomic E-state index is -0.464. The van der Waals surface area contributed by atoms with Crippen molar-refractivity contribution in [1.82, 2.24) is 0 Å². The Kier molecular flexibility index (Phi) is 3.63. The van der Waals surface area contributed by atoms with Gasteiger partial charge in [-0.05, 0) is 30.7 Å². The number of para-hydroxylation sites is 1. The first-order valence-electron chi connectivity index (χ1n) is 5.30. The summed E-state index contributed by atoms with van der Waals surface area (Å²) in [5.74, 6) is -0.251. The van der Waals surface area contributed by atoms with Crippen molar-refractivity contribution in [2.45, 2.75) is 6.92 Å². The van der Waals surface area contributed by atoms with Crippen molar-refractivity contribution in [1.29, 1.82) is 0 Å². The highest BCUT2D eigenvalue weighted by atomic mass is 35.5. The number of benzene rings is 2. The molecule has 0 saturated heterocycles. The normalized spacial score (nSPS) is 10.2. The lowest BCUT2D eigenvalue weighted by molar-refractivity contribution is 0.112. The molecule has 18 heavy (non-hydrogen) atoms. The molecule has 4 heteroatoms. The van der Waals surface area contributed by atoms with Crippen LogP contribution in [0.25, 0.3) is 0 Å². The van der Waals surface area contributed by atoms with E-state index in [2.05, 4.69) is 0 Å². The Hall–Kier alpha value is -1.87. The average Bonchev–Trinajstić information content (AvgIpc) is 2.37. The molecular formula is C14H10ClFO2. The van der Waals surface area contributed by atoms with E-state index in [0.717, 1.165) is 0 Å². The highest BCUT2D eigenvalue weighted by Gasteiger charge is 2.12. The molecule has 0 aliphatic carbocycles. The molecule has 0 saturated carbocycles. The van der Waals surface area contributed by atoms with E-state index in [1.165, 1.54) is 6.07 Å². The fourth-order valence-electron chi connectivity index (χ4n) is 1.54. The number of carbonyl (C=O) groups is 1. The third-order valence-electron chi connectivity index (χ3n) is 2.49. The van der Waals surface area contributed by atoms with E-state index in [1.54, 1.807) is 37.3 Å². The van der Waals surface area contributed by atoms with Gasteiger partial charge in [-0.2, -0.15) is 0 Å². The van der Waals surface area contributed by atoms with E-state index < -0.39 is 5.82 Å². The van der Waals surface area contributed by atoms with Gasteiger partial charge < -0.3 is 4.74 Å². The maximum Gasteiger partial charge on any atom is 0.168 e. The van der Waals surface area contributed by atoms with Crippen LogP contribution in [-0.2, 0) is 0 Å². The van der Waals surface area contributed by atoms with Crippen LogP contribution < -0.4 is 4.74 Å². The van der Waals surface area contributed by atoms with Gasteiger partial charge >= 0.3 is 0 Å². The molecule has 92 valence electrons. The van der Waals surface area contributed by atoms with E-state index in [1.807, 2.05) is 0 Å². The predicted molar refractivity (Wildman–Crippen MR) is 68.1 cm³/mol. The van der Waals surface area contributed by atoms with Crippen molar-refractivity contribution in [2.24, 2.45) is 0 Å². The summed E-state index contributed by atoms with van der Waals surface area (Å²) in [6.07, 6.45) is 0.620. The molecule has 0 aromatic heterocycles. The van der Waals surface area contributed by atoms with Crippen LogP contribution in [0.5, 0.6) is 11.5 Å². The number of hydrogen-bond acceptors (Lipinski definition) is 2. The Labute approximate surface area is 109 Å². The van der Waals surface area contributed by atoms with Crippen LogP contribution >= 0.6 is 11.6 Å². The van der Waals surface area contributed by atoms with Gasteiger partial charge in [0.15, 0.2) is 23.6 Å². The van der Waals surface area contributed by atoms with Crippen LogP contribution in [0.3, 0.4) is 0 Å². The molecule has 2 rings (SSSR count). The van der Waals surface area contributed by atoms with Crippen molar-refractivity contribution in [3.63, 3.8) is 0 Å². The zero-order valence-corrected chi connectivity index (χ0v) is 10.4. The van der Waals surface area contributed by atoms with E-state index in [0.29, 0.717) is 11.8 Å². The van der Waals surface area contributed by atoms with Crippen LogP contribution in [0.1, 0.15) is 15.9 Å². The van der Waals surface area contributed by atoms with Crippen molar-refractivity contribution in [3.05, 3.63) is 58.4 Å². The number of aryl methyl sites for hydroxylation is 1. The first-order chi connectivity index (χ1) is 8.63. The van der Waals surface area contributed by atoms with E-state index in [9.17, 15) is 9.18 Å². The highest BCUT2D eigenvalue weighted by Crippen LogP contribution is 2.33. The Morgan fingerprint density at radius 3 is 2.67 bits per heavy atom. The molecular weight excluding hydrogens is 255 g/mol. The summed E-state index contributed by atoms with van der Waals surface area (Å²) >= 11 is 5.94. The van der Waals surface area contributed by atoms with Crippen LogP contribution in [0.15, 0.2) is 36.4 Å². The summed E-state index contributed by atoms with van der Waals surface area (Å²) in [6, 6.07) is 9.56. The van der Waals surface area contributed by atoms with Gasteiger partial charge in [-0.15, -0.1) is 0 Å². The minimum absolute atomic E-state index is 0.0474. The zero-order chi connectivity index (χ0) is 13.1. The van der Waals surface area contributed by atoms with E-state index in [-0.39, 0.29) is 22.1 Å². The second-order valence-corrected chi connectivity index (χ2v) is 4.17. The molecule has 0 spiro atoms. The molecule has 0 fully saturated rings. The van der Waals surface area contributed by atoms with E-state index >= 15 is 0 Å². The lowest BCUT2D eigenvalue weighted by Gasteiger charge is -2.11. The summed E-state index contributed by atoms with van der Waals surface area (Å²) in [4.78, 5) is 10.9. The predicted octanol–water partition coefficient (Wildman–Crippen LogP) is 4.39. The van der Waals surface area contributed by atoms with Crippen LogP contribution in [0.2, 0.25) is 5.02 Å². The molecule has 0 aliphatic rings. The molecule has 0 radical (unpaired) electrons. The zero-order valence-electron chi connectivity index (χ0n) is 9.61. The van der Waals surface area contributed by atoms with Gasteiger partial charge in [0, 0.05) is 0 Å². The van der Waals surface area contributed by atoms with Gasteiger partial charge in [0.1, 0.15) is 0 Å². The fourth-order valence-corrected chi connectivity index (χ4v) is 1.76. The number of hydrogen-bond donors (Lipinski definition) is 0. The minimum Gasteiger partial charge on any atom is -0.452 e. The fraction of sp³-hybridized carbons (Fsp3) is 0.0714. The molecule has 0 unspecified atom stereocenters. The number of rotatable bonds is 3. The first-order valence-corrected chi connectivity index (χ1v) is 5.68. The Morgan fingerprint density at radius 2 is 1.94 bits per heavy atom. The monoisotopic (exact) mass is 264 g/mol. The summed E-state index contributed by atoms with van der Waals surface area (Å²) in [6.45, 7) is 1.63. The molecule has 2 nitrogen and oxygen atoms in total. The lowest BCUT2D eigenvalue weighted by Crippen LogP contribution is -1.95. The number of carbonyl (C=O) groups excluding carboxylic acids is 1. The first kappa shape index (κ1) is 12.6. The molecule has 0 amide bonds. The second kappa shape index (κ2) is 5.19. The third-order valence-corrected chi connectivity index (χ3v) is 2.79. The second-order valence-electron chi connectivity index (χ2n) is 3.77. The van der Waals surface area contributed by atoms with Crippen molar-refractivity contribution < 1.29 is 13.9 Å². The van der Waals surface area contributed by atoms with Gasteiger partial charge in [-0.3, -0.25) is 4.79 Å². The quantitative estimate of drug-likeness (QED) is 0.769. The van der Waals surface area contributed by atoms with Crippen molar-refractivity contribution in [2.75, 3.05) is 0 Å². The molecule has 0 aliphatic heterocycles. The molecule has 2 aromatic rings. The Balaban J connectivity index is 2.46. The highest BCUT2D eigenvalue weighted by molar-refractivity contribution is 6.32. The van der Waals surface area contributed by atoms with Crippen LogP contribution in [0.4, 0.5) is 4.39 Å². The van der Waals surface area contributed by atoms with Gasteiger partial charge in [0.25, 0.3) is 0 Å². The summed E-state index contributed by atoms with van der Waals surface area (Å²) in [7, 11) is 0. The molecule has 0 bridgehead atoms. The Bertz CT molecular complexity index is 596. The molecule has 0 atom stereocenters. The topological polar surface area (TPSA) is 26.3 Å². The summed E-state index contributed by atoms with van der Waals surface area (Å²) in [5.41, 5.74) is 0.746. The molecule has 2 aromatic carbocycles. The SMILES string of the molecule is Cc1cccc(Oc2c(Cl)cccc2C=O)c1F. The average molecular weight is 265 g/mol. The van der Waals surface area contributed by atoms with Crippen LogP contribution in [0, 0.1) is 12.7 Å². The van der Waals surface area contributed by atoms with Gasteiger partial charge in [0.2, 0.25) is 0 Å². The third kappa shape index (κ3) is 2.36. The van der Waals surface area contributed by atoms with Crippen LogP contribution in [-0.4, -0.2) is 6.29 Å². The Morgan fingerprint density at radius 1 is 1.22 bits per heavy atom. The largest absolute Gasteiger partial charge is 0.452 e. The molecule has 0 heterocycles. The van der Waals surface area contributed by atoms with Crippen molar-refractivity contribution >= 4 is 17.9 Å². The maximum absolute atomic E-state index is 13.8. The lowest BCUT2D eigenvalue weighted by atomic mass is 10.2. The number of aldehydes is 1. The maximum atomic E-state index is 13.8. The standard InChI is InChI=1S/C14H10ClFO2/c1-9-4-2-7-12(13(9)16)18-14-10(8-17)5-3-6-11(14)15/h2-8H,1H3. The summed E-state index contributed by atoms with van der Waals surface area (Å²) < 4.78 is 19.2. The number of ether oxygens (including phenoxy) is 1. The van der Waals surface area contributed by atoms with E-state index in [4.69, 9.17) is 16.3 Å². The number of halogens is 2. The molecule has 0 N–H and O–H groups in total. The smallest absolute Gasteiger partial charge is 0.168 e. The van der Waals surface area contributed by atoms with Gasteiger partial charge in [-0.25, -0.2) is 4.39 Å². The summed E-state index contributed by atoms with van der Waals surface area (Å²) in [5, 5.41) is 0.264.